The summed E-state index contributed by atoms with van der Waals surface area (Å²) < 4.78 is 10.0. The molecule has 2 fully saturated rings. The van der Waals surface area contributed by atoms with Crippen molar-refractivity contribution in [2.24, 2.45) is 0 Å². The first-order valence-electron chi connectivity index (χ1n) is 7.56. The molecular formula is C15H24N2O5. The molecule has 1 spiro atoms. The Bertz CT molecular complexity index is 485. The third-order valence-electron chi connectivity index (χ3n) is 4.13. The van der Waals surface area contributed by atoms with Crippen LogP contribution in [0, 0.1) is 0 Å². The number of rotatable bonds is 2. The Balaban J connectivity index is 2.14. The van der Waals surface area contributed by atoms with Crippen molar-refractivity contribution in [1.82, 2.24) is 9.80 Å². The van der Waals surface area contributed by atoms with Gasteiger partial charge in [0.1, 0.15) is 17.7 Å². The molecule has 2 saturated heterocycles. The monoisotopic (exact) mass is 312 g/mol. The molecule has 124 valence electrons. The number of hydrogen-bond acceptors (Lipinski definition) is 5. The molecule has 22 heavy (non-hydrogen) atoms. The standard InChI is InChI=1S/C15H24N2O5/c1-14(2,3)22-13(20)17-8-5-6-15(17)7-9-16(12(15)19)10-11(18)21-4/h5-10H2,1-4H3/t15-/m0/s1. The van der Waals surface area contributed by atoms with Gasteiger partial charge in [0.05, 0.1) is 7.11 Å². The van der Waals surface area contributed by atoms with Crippen LogP contribution in [-0.4, -0.2) is 65.7 Å². The summed E-state index contributed by atoms with van der Waals surface area (Å²) >= 11 is 0. The van der Waals surface area contributed by atoms with E-state index in [2.05, 4.69) is 4.74 Å². The maximum absolute atomic E-state index is 12.7. The van der Waals surface area contributed by atoms with Gasteiger partial charge in [-0.3, -0.25) is 14.5 Å². The van der Waals surface area contributed by atoms with Crippen LogP contribution >= 0.6 is 0 Å². The predicted octanol–water partition coefficient (Wildman–Crippen LogP) is 1.16. The summed E-state index contributed by atoms with van der Waals surface area (Å²) in [6.45, 7) is 6.29. The highest BCUT2D eigenvalue weighted by atomic mass is 16.6. The number of carbonyl (C=O) groups excluding carboxylic acids is 3. The van der Waals surface area contributed by atoms with Gasteiger partial charge < -0.3 is 14.4 Å². The Morgan fingerprint density at radius 2 is 1.91 bits per heavy atom. The van der Waals surface area contributed by atoms with Crippen LogP contribution in [0.1, 0.15) is 40.0 Å². The molecule has 2 aliphatic rings. The van der Waals surface area contributed by atoms with Gasteiger partial charge in [0.15, 0.2) is 0 Å². The maximum Gasteiger partial charge on any atom is 0.411 e. The number of methoxy groups -OCH3 is 1. The van der Waals surface area contributed by atoms with Gasteiger partial charge in [-0.2, -0.15) is 0 Å². The first kappa shape index (κ1) is 16.6. The van der Waals surface area contributed by atoms with Gasteiger partial charge in [-0.1, -0.05) is 0 Å². The van der Waals surface area contributed by atoms with E-state index >= 15 is 0 Å². The third-order valence-corrected chi connectivity index (χ3v) is 4.13. The molecule has 0 aromatic carbocycles. The molecule has 0 radical (unpaired) electrons. The number of likely N-dealkylation sites (tertiary alicyclic amines) is 2. The lowest BCUT2D eigenvalue weighted by Gasteiger charge is -2.34. The molecule has 2 aliphatic heterocycles. The quantitative estimate of drug-likeness (QED) is 0.715. The fourth-order valence-corrected chi connectivity index (χ4v) is 3.14. The molecule has 0 unspecified atom stereocenters. The Labute approximate surface area is 130 Å². The topological polar surface area (TPSA) is 76.2 Å². The molecule has 0 N–H and O–H groups in total. The summed E-state index contributed by atoms with van der Waals surface area (Å²) in [7, 11) is 1.29. The van der Waals surface area contributed by atoms with Gasteiger partial charge in [-0.25, -0.2) is 4.79 Å². The van der Waals surface area contributed by atoms with Gasteiger partial charge in [-0.15, -0.1) is 0 Å². The summed E-state index contributed by atoms with van der Waals surface area (Å²) in [5, 5.41) is 0. The van der Waals surface area contributed by atoms with Crippen LogP contribution in [0.4, 0.5) is 4.79 Å². The summed E-state index contributed by atoms with van der Waals surface area (Å²) in [6.07, 6.45) is 1.44. The Morgan fingerprint density at radius 3 is 2.50 bits per heavy atom. The molecule has 2 amide bonds. The normalized spacial score (nSPS) is 25.0. The van der Waals surface area contributed by atoms with Crippen LogP contribution in [0.15, 0.2) is 0 Å². The first-order chi connectivity index (χ1) is 10.2. The van der Waals surface area contributed by atoms with E-state index in [0.717, 1.165) is 6.42 Å². The van der Waals surface area contributed by atoms with E-state index in [4.69, 9.17) is 4.74 Å². The van der Waals surface area contributed by atoms with Crippen molar-refractivity contribution in [2.45, 2.75) is 51.2 Å². The molecule has 7 nitrogen and oxygen atoms in total. The number of nitrogens with zero attached hydrogens (tertiary/aromatic N) is 2. The highest BCUT2D eigenvalue weighted by molar-refractivity contribution is 5.94. The first-order valence-corrected chi connectivity index (χ1v) is 7.56. The molecule has 0 aromatic rings. The van der Waals surface area contributed by atoms with Crippen LogP contribution in [-0.2, 0) is 19.1 Å². The van der Waals surface area contributed by atoms with Crippen LogP contribution in [0.25, 0.3) is 0 Å². The fraction of sp³-hybridized carbons (Fsp3) is 0.800. The zero-order valence-electron chi connectivity index (χ0n) is 13.7. The molecule has 0 aliphatic carbocycles. The van der Waals surface area contributed by atoms with Crippen LogP contribution in [0.3, 0.4) is 0 Å². The third kappa shape index (κ3) is 3.03. The SMILES string of the molecule is COC(=O)CN1CC[C@@]2(CCCN2C(=O)OC(C)(C)C)C1=O. The van der Waals surface area contributed by atoms with E-state index in [-0.39, 0.29) is 12.5 Å². The second-order valence-electron chi connectivity index (χ2n) is 6.82. The summed E-state index contributed by atoms with van der Waals surface area (Å²) in [5.74, 6) is -0.631. The van der Waals surface area contributed by atoms with E-state index in [1.165, 1.54) is 16.9 Å². The van der Waals surface area contributed by atoms with Crippen LogP contribution < -0.4 is 0 Å². The summed E-state index contributed by atoms with van der Waals surface area (Å²) in [6, 6.07) is 0. The smallest absolute Gasteiger partial charge is 0.411 e. The predicted molar refractivity (Wildman–Crippen MR) is 78.1 cm³/mol. The van der Waals surface area contributed by atoms with Crippen molar-refractivity contribution in [3.8, 4) is 0 Å². The maximum atomic E-state index is 12.7. The van der Waals surface area contributed by atoms with Crippen molar-refractivity contribution < 1.29 is 23.9 Å². The Hall–Kier alpha value is -1.79. The zero-order chi connectivity index (χ0) is 16.5. The molecule has 0 saturated carbocycles. The number of amides is 2. The molecule has 0 aromatic heterocycles. The molecular weight excluding hydrogens is 288 g/mol. The minimum absolute atomic E-state index is 0.0702. The number of esters is 1. The van der Waals surface area contributed by atoms with Gasteiger partial charge >= 0.3 is 12.1 Å². The lowest BCUT2D eigenvalue weighted by atomic mass is 9.94. The van der Waals surface area contributed by atoms with Crippen LogP contribution in [0.2, 0.25) is 0 Å². The Kier molecular flexibility index (Phi) is 4.35. The average Bonchev–Trinajstić information content (AvgIpc) is 2.97. The van der Waals surface area contributed by atoms with Crippen molar-refractivity contribution in [1.29, 1.82) is 0 Å². The van der Waals surface area contributed by atoms with E-state index in [9.17, 15) is 14.4 Å². The van der Waals surface area contributed by atoms with Crippen molar-refractivity contribution in [3.63, 3.8) is 0 Å². The van der Waals surface area contributed by atoms with Crippen LogP contribution in [0.5, 0.6) is 0 Å². The average molecular weight is 312 g/mol. The molecule has 0 bridgehead atoms. The lowest BCUT2D eigenvalue weighted by Crippen LogP contribution is -2.54. The van der Waals surface area contributed by atoms with Gasteiger partial charge in [0, 0.05) is 13.1 Å². The largest absolute Gasteiger partial charge is 0.468 e. The second kappa shape index (κ2) is 5.78. The number of hydrogen-bond donors (Lipinski definition) is 0. The molecule has 2 rings (SSSR count). The fourth-order valence-electron chi connectivity index (χ4n) is 3.14. The highest BCUT2D eigenvalue weighted by Crippen LogP contribution is 2.39. The number of ether oxygens (including phenoxy) is 2. The van der Waals surface area contributed by atoms with E-state index in [0.29, 0.717) is 25.9 Å². The summed E-state index contributed by atoms with van der Waals surface area (Å²) in [5.41, 5.74) is -1.45. The molecule has 2 heterocycles. The van der Waals surface area contributed by atoms with E-state index < -0.39 is 23.2 Å². The van der Waals surface area contributed by atoms with Crippen molar-refractivity contribution in [3.05, 3.63) is 0 Å². The highest BCUT2D eigenvalue weighted by Gasteiger charge is 2.56. The molecule has 1 atom stereocenters. The zero-order valence-corrected chi connectivity index (χ0v) is 13.7. The minimum Gasteiger partial charge on any atom is -0.468 e. The lowest BCUT2D eigenvalue weighted by molar-refractivity contribution is -0.147. The van der Waals surface area contributed by atoms with Gasteiger partial charge in [0.2, 0.25) is 5.91 Å². The number of carbonyl (C=O) groups is 3. The Morgan fingerprint density at radius 1 is 1.23 bits per heavy atom. The summed E-state index contributed by atoms with van der Waals surface area (Å²) in [4.78, 5) is 39.5. The molecule has 7 heteroatoms. The second-order valence-corrected chi connectivity index (χ2v) is 6.82. The van der Waals surface area contributed by atoms with Crippen molar-refractivity contribution in [2.75, 3.05) is 26.7 Å². The van der Waals surface area contributed by atoms with Gasteiger partial charge in [0.25, 0.3) is 0 Å². The van der Waals surface area contributed by atoms with Gasteiger partial charge in [-0.05, 0) is 40.0 Å². The minimum atomic E-state index is -0.851. The van der Waals surface area contributed by atoms with E-state index in [1.807, 2.05) is 0 Å². The van der Waals surface area contributed by atoms with E-state index in [1.54, 1.807) is 20.8 Å². The van der Waals surface area contributed by atoms with Crippen molar-refractivity contribution >= 4 is 18.0 Å².